The van der Waals surface area contributed by atoms with Gasteiger partial charge in [0.1, 0.15) is 5.41 Å². The molecule has 1 aliphatic carbocycles. The molecule has 0 unspecified atom stereocenters. The Morgan fingerprint density at radius 1 is 1.03 bits per heavy atom. The lowest BCUT2D eigenvalue weighted by Gasteiger charge is -2.46. The molecule has 0 saturated carbocycles. The number of hydrogen-bond acceptors (Lipinski definition) is 6. The van der Waals surface area contributed by atoms with E-state index in [1.807, 2.05) is 23.1 Å². The van der Waals surface area contributed by atoms with Crippen LogP contribution in [0, 0.1) is 11.3 Å². The average Bonchev–Trinajstić information content (AvgIpc) is 3.36. The number of rotatable bonds is 8. The summed E-state index contributed by atoms with van der Waals surface area (Å²) in [4.78, 5) is 43.8. The van der Waals surface area contributed by atoms with E-state index in [0.717, 1.165) is 56.5 Å². The van der Waals surface area contributed by atoms with E-state index < -0.39 is 11.3 Å². The second-order valence-corrected chi connectivity index (χ2v) is 10.0. The van der Waals surface area contributed by atoms with Crippen molar-refractivity contribution in [3.63, 3.8) is 0 Å². The topological polar surface area (TPSA) is 85.4 Å². The Balaban J connectivity index is 1.64. The fraction of sp³-hybridized carbons (Fsp3) is 0.607. The third-order valence-corrected chi connectivity index (χ3v) is 7.91. The molecule has 0 spiro atoms. The molecule has 2 heterocycles. The van der Waals surface area contributed by atoms with Gasteiger partial charge in [-0.25, -0.2) is 0 Å². The van der Waals surface area contributed by atoms with Crippen LogP contribution in [0.25, 0.3) is 0 Å². The number of hydrogen-bond donors (Lipinski definition) is 0. The largest absolute Gasteiger partial charge is 0.493 e. The fourth-order valence-corrected chi connectivity index (χ4v) is 6.01. The predicted octanol–water partition coefficient (Wildman–Crippen LogP) is 3.72. The molecule has 36 heavy (non-hydrogen) atoms. The molecule has 1 aromatic rings. The maximum atomic E-state index is 13.9. The van der Waals surface area contributed by atoms with Gasteiger partial charge in [-0.1, -0.05) is 18.6 Å². The first-order valence-corrected chi connectivity index (χ1v) is 13.0. The summed E-state index contributed by atoms with van der Waals surface area (Å²) in [7, 11) is 4.60. The molecule has 3 aliphatic rings. The number of carbonyl (C=O) groups excluding carboxylic acids is 3. The summed E-state index contributed by atoms with van der Waals surface area (Å²) in [5, 5.41) is 0. The molecular weight excluding hydrogens is 460 g/mol. The number of esters is 1. The molecule has 2 amide bonds. The third kappa shape index (κ3) is 5.08. The van der Waals surface area contributed by atoms with Crippen molar-refractivity contribution in [3.8, 4) is 11.5 Å². The number of ether oxygens (including phenoxy) is 3. The number of nitrogens with zero attached hydrogens (tertiary/aromatic N) is 2. The molecule has 8 nitrogen and oxygen atoms in total. The highest BCUT2D eigenvalue weighted by Crippen LogP contribution is 2.49. The molecule has 0 radical (unpaired) electrons. The minimum absolute atomic E-state index is 0.00626. The quantitative estimate of drug-likeness (QED) is 0.508. The van der Waals surface area contributed by atoms with Gasteiger partial charge in [0.2, 0.25) is 11.8 Å². The third-order valence-electron chi connectivity index (χ3n) is 7.91. The highest BCUT2D eigenvalue weighted by molar-refractivity contribution is 5.92. The van der Waals surface area contributed by atoms with E-state index in [4.69, 9.17) is 14.2 Å². The van der Waals surface area contributed by atoms with E-state index in [-0.39, 0.29) is 24.2 Å². The van der Waals surface area contributed by atoms with Crippen LogP contribution in [0.5, 0.6) is 11.5 Å². The number of piperidine rings is 1. The first-order valence-electron chi connectivity index (χ1n) is 13.0. The SMILES string of the molecule is COC(=O)[C@]12CCCCC=C1N(CCc1ccc(OC)c(OC)c1)C(=O)[C@H](CC(=O)N1CCCC1)C2. The number of amides is 2. The Hall–Kier alpha value is -3.03. The van der Waals surface area contributed by atoms with Crippen LogP contribution in [-0.2, 0) is 25.5 Å². The number of allylic oxidation sites excluding steroid dienone is 1. The summed E-state index contributed by atoms with van der Waals surface area (Å²) in [6, 6.07) is 5.73. The van der Waals surface area contributed by atoms with E-state index in [1.54, 1.807) is 19.1 Å². The molecule has 2 fully saturated rings. The van der Waals surface area contributed by atoms with Gasteiger partial charge in [-0.2, -0.15) is 0 Å². The summed E-state index contributed by atoms with van der Waals surface area (Å²) < 4.78 is 16.1. The van der Waals surface area contributed by atoms with Gasteiger partial charge >= 0.3 is 5.97 Å². The summed E-state index contributed by atoms with van der Waals surface area (Å²) in [6.45, 7) is 1.90. The van der Waals surface area contributed by atoms with Gasteiger partial charge in [0, 0.05) is 37.7 Å². The smallest absolute Gasteiger partial charge is 0.317 e. The van der Waals surface area contributed by atoms with Crippen LogP contribution in [0.4, 0.5) is 0 Å². The summed E-state index contributed by atoms with van der Waals surface area (Å²) >= 11 is 0. The Labute approximate surface area is 213 Å². The van der Waals surface area contributed by atoms with Crippen molar-refractivity contribution >= 4 is 17.8 Å². The Morgan fingerprint density at radius 3 is 2.47 bits per heavy atom. The molecule has 8 heteroatoms. The van der Waals surface area contributed by atoms with E-state index in [0.29, 0.717) is 37.3 Å². The Kier molecular flexibility index (Phi) is 8.21. The summed E-state index contributed by atoms with van der Waals surface area (Å²) in [6.07, 6.45) is 8.36. The minimum atomic E-state index is -0.896. The normalized spacial score (nSPS) is 24.0. The maximum absolute atomic E-state index is 13.9. The van der Waals surface area contributed by atoms with E-state index in [1.165, 1.54) is 7.11 Å². The maximum Gasteiger partial charge on any atom is 0.317 e. The first kappa shape index (κ1) is 26.0. The van der Waals surface area contributed by atoms with Crippen molar-refractivity contribution in [2.75, 3.05) is 41.0 Å². The van der Waals surface area contributed by atoms with Crippen molar-refractivity contribution < 1.29 is 28.6 Å². The van der Waals surface area contributed by atoms with Gasteiger partial charge in [0.05, 0.1) is 21.3 Å². The van der Waals surface area contributed by atoms with Crippen molar-refractivity contribution in [3.05, 3.63) is 35.5 Å². The molecule has 196 valence electrons. The van der Waals surface area contributed by atoms with Crippen LogP contribution in [0.2, 0.25) is 0 Å². The van der Waals surface area contributed by atoms with Crippen LogP contribution in [0.1, 0.15) is 56.9 Å². The number of carbonyl (C=O) groups is 3. The van der Waals surface area contributed by atoms with Crippen LogP contribution in [0.3, 0.4) is 0 Å². The zero-order chi connectivity index (χ0) is 25.7. The average molecular weight is 499 g/mol. The van der Waals surface area contributed by atoms with Crippen LogP contribution >= 0.6 is 0 Å². The van der Waals surface area contributed by atoms with Gasteiger partial charge in [0.25, 0.3) is 0 Å². The van der Waals surface area contributed by atoms with Gasteiger partial charge < -0.3 is 24.0 Å². The van der Waals surface area contributed by atoms with Crippen LogP contribution in [-0.4, -0.2) is 68.5 Å². The molecule has 0 bridgehead atoms. The van der Waals surface area contributed by atoms with Crippen LogP contribution < -0.4 is 9.47 Å². The first-order chi connectivity index (χ1) is 17.4. The minimum Gasteiger partial charge on any atom is -0.493 e. The molecule has 0 N–H and O–H groups in total. The monoisotopic (exact) mass is 498 g/mol. The summed E-state index contributed by atoms with van der Waals surface area (Å²) in [5.74, 6) is 0.358. The fourth-order valence-electron chi connectivity index (χ4n) is 6.01. The number of likely N-dealkylation sites (tertiary alicyclic amines) is 2. The van der Waals surface area contributed by atoms with E-state index in [9.17, 15) is 14.4 Å². The lowest BCUT2D eigenvalue weighted by Crippen LogP contribution is -2.53. The van der Waals surface area contributed by atoms with Gasteiger partial charge in [-0.15, -0.1) is 0 Å². The zero-order valence-electron chi connectivity index (χ0n) is 21.7. The standard InChI is InChI=1S/C28H38N2O6/c1-34-22-11-10-20(17-23(22)35-2)12-16-30-24-9-5-4-6-13-28(24,27(33)36-3)19-21(26(30)32)18-25(31)29-14-7-8-15-29/h9-11,17,21H,4-8,12-16,18-19H2,1-3H3/t21-,28+/m1/s1. The van der Waals surface area contributed by atoms with Gasteiger partial charge in [-0.05, 0) is 62.6 Å². The van der Waals surface area contributed by atoms with E-state index >= 15 is 0 Å². The lowest BCUT2D eigenvalue weighted by atomic mass is 9.69. The number of methoxy groups -OCH3 is 3. The molecule has 1 aromatic carbocycles. The Morgan fingerprint density at radius 2 is 1.78 bits per heavy atom. The summed E-state index contributed by atoms with van der Waals surface area (Å²) in [5.41, 5.74) is 0.850. The second-order valence-electron chi connectivity index (χ2n) is 10.0. The lowest BCUT2D eigenvalue weighted by molar-refractivity contribution is -0.160. The van der Waals surface area contributed by atoms with Crippen molar-refractivity contribution in [1.82, 2.24) is 9.80 Å². The van der Waals surface area contributed by atoms with Gasteiger partial charge in [-0.3, -0.25) is 14.4 Å². The molecule has 2 atom stereocenters. The van der Waals surface area contributed by atoms with Gasteiger partial charge in [0.15, 0.2) is 11.5 Å². The second kappa shape index (κ2) is 11.4. The Bertz CT molecular complexity index is 1020. The molecule has 4 rings (SSSR count). The molecular formula is C28H38N2O6. The highest BCUT2D eigenvalue weighted by Gasteiger charge is 2.53. The molecule has 0 aromatic heterocycles. The van der Waals surface area contributed by atoms with Crippen LogP contribution in [0.15, 0.2) is 30.0 Å². The molecule has 2 saturated heterocycles. The number of benzene rings is 1. The number of fused-ring (bicyclic) bond motifs is 1. The van der Waals surface area contributed by atoms with Crippen molar-refractivity contribution in [2.45, 2.75) is 57.8 Å². The van der Waals surface area contributed by atoms with Crippen molar-refractivity contribution in [2.24, 2.45) is 11.3 Å². The van der Waals surface area contributed by atoms with Crippen molar-refractivity contribution in [1.29, 1.82) is 0 Å². The zero-order valence-corrected chi connectivity index (χ0v) is 21.7. The predicted molar refractivity (Wildman–Crippen MR) is 135 cm³/mol. The molecule has 2 aliphatic heterocycles. The van der Waals surface area contributed by atoms with E-state index in [2.05, 4.69) is 6.08 Å². The highest BCUT2D eigenvalue weighted by atomic mass is 16.5.